The number of ether oxygens (including phenoxy) is 1. The molecule has 0 radical (unpaired) electrons. The smallest absolute Gasteiger partial charge is 0.238 e. The molecule has 7 heteroatoms. The lowest BCUT2D eigenvalue weighted by Crippen LogP contribution is -2.48. The first-order chi connectivity index (χ1) is 14.5. The monoisotopic (exact) mass is 404 g/mol. The summed E-state index contributed by atoms with van der Waals surface area (Å²) in [7, 11) is 0. The topological polar surface area (TPSA) is 89.9 Å². The van der Waals surface area contributed by atoms with Gasteiger partial charge in [0.05, 0.1) is 18.0 Å². The Morgan fingerprint density at radius 1 is 1.03 bits per heavy atom. The summed E-state index contributed by atoms with van der Waals surface area (Å²) in [4.78, 5) is 30.1. The second-order valence-corrected chi connectivity index (χ2v) is 8.22. The van der Waals surface area contributed by atoms with Crippen molar-refractivity contribution in [3.05, 3.63) is 55.1 Å². The Labute approximate surface area is 174 Å². The fourth-order valence-electron chi connectivity index (χ4n) is 4.18. The average molecular weight is 404 g/mol. The quantitative estimate of drug-likeness (QED) is 0.662. The maximum Gasteiger partial charge on any atom is 0.238 e. The summed E-state index contributed by atoms with van der Waals surface area (Å²) < 4.78 is 8.13. The lowest BCUT2D eigenvalue weighted by Gasteiger charge is -2.33. The van der Waals surface area contributed by atoms with Gasteiger partial charge in [-0.05, 0) is 42.2 Å². The van der Waals surface area contributed by atoms with Crippen LogP contribution in [0.2, 0.25) is 0 Å². The number of carbonyl (C=O) groups excluding carboxylic acids is 2. The van der Waals surface area contributed by atoms with E-state index in [9.17, 15) is 9.59 Å². The van der Waals surface area contributed by atoms with Gasteiger partial charge in [-0.3, -0.25) is 9.59 Å². The Morgan fingerprint density at radius 3 is 2.40 bits per heavy atom. The molecule has 1 saturated heterocycles. The number of aromatic nitrogens is 2. The Morgan fingerprint density at radius 2 is 1.73 bits per heavy atom. The maximum atomic E-state index is 12.6. The van der Waals surface area contributed by atoms with Gasteiger partial charge >= 0.3 is 0 Å². The predicted octanol–water partition coefficient (Wildman–Crippen LogP) is 2.64. The van der Waals surface area contributed by atoms with Crippen LogP contribution in [0.5, 0.6) is 5.75 Å². The number of amides is 2. The summed E-state index contributed by atoms with van der Waals surface area (Å²) in [5.41, 5.74) is 7.79. The van der Waals surface area contributed by atoms with E-state index in [0.29, 0.717) is 25.9 Å². The average Bonchev–Trinajstić information content (AvgIpc) is 3.46. The number of carbonyl (C=O) groups is 2. The molecule has 3 heterocycles. The van der Waals surface area contributed by atoms with Crippen molar-refractivity contribution in [1.82, 2.24) is 14.3 Å². The van der Waals surface area contributed by atoms with E-state index in [1.807, 2.05) is 28.8 Å². The first-order valence-corrected chi connectivity index (χ1v) is 10.3. The molecule has 1 aromatic carbocycles. The number of imidazole rings is 1. The zero-order valence-electron chi connectivity index (χ0n) is 16.7. The number of pyridine rings is 1. The normalized spacial score (nSPS) is 18.3. The van der Waals surface area contributed by atoms with Crippen molar-refractivity contribution >= 4 is 17.3 Å². The lowest BCUT2D eigenvalue weighted by molar-refractivity contribution is -0.144. The van der Waals surface area contributed by atoms with Crippen LogP contribution in [0.15, 0.2) is 55.1 Å². The predicted molar refractivity (Wildman–Crippen MR) is 112 cm³/mol. The van der Waals surface area contributed by atoms with Crippen LogP contribution in [0.3, 0.4) is 0 Å². The highest BCUT2D eigenvalue weighted by Crippen LogP contribution is 2.47. The molecule has 1 saturated carbocycles. The summed E-state index contributed by atoms with van der Waals surface area (Å²) >= 11 is 0. The number of nitrogens with two attached hydrogens (primary N) is 1. The molecule has 2 amide bonds. The van der Waals surface area contributed by atoms with E-state index in [-0.39, 0.29) is 12.0 Å². The summed E-state index contributed by atoms with van der Waals surface area (Å²) in [5.74, 6) is 0.230. The summed E-state index contributed by atoms with van der Waals surface area (Å²) in [6.45, 7) is 1.20. The third kappa shape index (κ3) is 3.30. The molecule has 0 spiro atoms. The van der Waals surface area contributed by atoms with Crippen LogP contribution in [0, 0.1) is 5.41 Å². The van der Waals surface area contributed by atoms with Gasteiger partial charge in [0, 0.05) is 32.1 Å². The van der Waals surface area contributed by atoms with Crippen LogP contribution in [-0.4, -0.2) is 45.3 Å². The molecule has 1 aliphatic heterocycles. The molecule has 30 heavy (non-hydrogen) atoms. The van der Waals surface area contributed by atoms with E-state index in [0.717, 1.165) is 35.2 Å². The number of piperidine rings is 1. The third-order valence-corrected chi connectivity index (χ3v) is 6.26. The van der Waals surface area contributed by atoms with Crippen molar-refractivity contribution in [2.24, 2.45) is 11.1 Å². The van der Waals surface area contributed by atoms with Crippen molar-refractivity contribution in [2.45, 2.75) is 31.8 Å². The number of fused-ring (bicyclic) bond motifs is 1. The lowest BCUT2D eigenvalue weighted by atomic mass is 10.0. The van der Waals surface area contributed by atoms with Crippen LogP contribution in [0.1, 0.15) is 25.7 Å². The second kappa shape index (κ2) is 7.16. The molecule has 5 rings (SSSR count). The highest BCUT2D eigenvalue weighted by Gasteiger charge is 2.57. The number of primary amides is 1. The number of benzene rings is 1. The third-order valence-electron chi connectivity index (χ3n) is 6.26. The van der Waals surface area contributed by atoms with Crippen molar-refractivity contribution < 1.29 is 14.3 Å². The fourth-order valence-corrected chi connectivity index (χ4v) is 4.18. The molecule has 2 N–H and O–H groups in total. The molecule has 0 bridgehead atoms. The van der Waals surface area contributed by atoms with Crippen molar-refractivity contribution in [3.8, 4) is 16.9 Å². The van der Waals surface area contributed by atoms with E-state index in [4.69, 9.17) is 10.5 Å². The van der Waals surface area contributed by atoms with E-state index in [2.05, 4.69) is 29.4 Å². The van der Waals surface area contributed by atoms with Gasteiger partial charge < -0.3 is 19.8 Å². The number of nitrogens with zero attached hydrogens (tertiary/aromatic N) is 3. The second-order valence-electron chi connectivity index (χ2n) is 8.22. The van der Waals surface area contributed by atoms with Crippen molar-refractivity contribution in [3.63, 3.8) is 0 Å². The molecule has 2 fully saturated rings. The molecule has 3 aromatic rings. The number of likely N-dealkylation sites (tertiary alicyclic amines) is 1. The van der Waals surface area contributed by atoms with Crippen LogP contribution < -0.4 is 10.5 Å². The first kappa shape index (κ1) is 18.7. The molecule has 1 aliphatic carbocycles. The summed E-state index contributed by atoms with van der Waals surface area (Å²) in [6.07, 6.45) is 8.41. The van der Waals surface area contributed by atoms with Gasteiger partial charge in [0.2, 0.25) is 11.8 Å². The summed E-state index contributed by atoms with van der Waals surface area (Å²) in [6, 6.07) is 12.2. The standard InChI is InChI=1S/C23H24N4O3/c24-21(28)23(9-10-23)22(29)26-11-7-20(8-12-26)30-19-5-2-16(3-6-19)17-1-4-18-13-25-15-27(18)14-17/h1-6,13-15,20H,7-12H2,(H2,24,28). The van der Waals surface area contributed by atoms with Gasteiger partial charge in [-0.2, -0.15) is 0 Å². The fraction of sp³-hybridized carbons (Fsp3) is 0.348. The molecule has 154 valence electrons. The zero-order chi connectivity index (χ0) is 20.7. The van der Waals surface area contributed by atoms with Crippen LogP contribution in [0.4, 0.5) is 0 Å². The minimum Gasteiger partial charge on any atom is -0.490 e. The van der Waals surface area contributed by atoms with Crippen molar-refractivity contribution in [2.75, 3.05) is 13.1 Å². The minimum atomic E-state index is -0.927. The Bertz CT molecular complexity index is 1090. The van der Waals surface area contributed by atoms with Crippen LogP contribution in [-0.2, 0) is 9.59 Å². The highest BCUT2D eigenvalue weighted by atomic mass is 16.5. The van der Waals surface area contributed by atoms with Gasteiger partial charge in [-0.1, -0.05) is 18.2 Å². The number of hydrogen-bond acceptors (Lipinski definition) is 4. The van der Waals surface area contributed by atoms with E-state index in [1.54, 1.807) is 11.2 Å². The molecule has 0 unspecified atom stereocenters. The van der Waals surface area contributed by atoms with E-state index in [1.165, 1.54) is 0 Å². The molecular weight excluding hydrogens is 380 g/mol. The van der Waals surface area contributed by atoms with Crippen LogP contribution >= 0.6 is 0 Å². The van der Waals surface area contributed by atoms with Gasteiger partial charge in [0.1, 0.15) is 17.3 Å². The maximum absolute atomic E-state index is 12.6. The van der Waals surface area contributed by atoms with Gasteiger partial charge in [-0.15, -0.1) is 0 Å². The first-order valence-electron chi connectivity index (χ1n) is 10.3. The number of hydrogen-bond donors (Lipinski definition) is 1. The highest BCUT2D eigenvalue weighted by molar-refractivity contribution is 6.07. The Balaban J connectivity index is 1.19. The SMILES string of the molecule is NC(=O)C1(C(=O)N2CCC(Oc3ccc(-c4ccc5cncn5c4)cc3)CC2)CC1. The van der Waals surface area contributed by atoms with Gasteiger partial charge in [0.15, 0.2) is 0 Å². The Hall–Kier alpha value is -3.35. The number of rotatable bonds is 5. The van der Waals surface area contributed by atoms with Gasteiger partial charge in [0.25, 0.3) is 0 Å². The largest absolute Gasteiger partial charge is 0.490 e. The Kier molecular flexibility index (Phi) is 4.46. The minimum absolute atomic E-state index is 0.0610. The molecule has 2 aliphatic rings. The molecule has 7 nitrogen and oxygen atoms in total. The molecule has 2 aromatic heterocycles. The molecular formula is C23H24N4O3. The van der Waals surface area contributed by atoms with Gasteiger partial charge in [-0.25, -0.2) is 4.98 Å². The van der Waals surface area contributed by atoms with E-state index >= 15 is 0 Å². The van der Waals surface area contributed by atoms with E-state index < -0.39 is 11.3 Å². The molecule has 0 atom stereocenters. The van der Waals surface area contributed by atoms with Crippen molar-refractivity contribution in [1.29, 1.82) is 0 Å². The zero-order valence-corrected chi connectivity index (χ0v) is 16.7. The van der Waals surface area contributed by atoms with Crippen LogP contribution in [0.25, 0.3) is 16.6 Å². The summed E-state index contributed by atoms with van der Waals surface area (Å²) in [5, 5.41) is 0.